The molecule has 0 saturated heterocycles. The highest BCUT2D eigenvalue weighted by Crippen LogP contribution is 2.31. The van der Waals surface area contributed by atoms with Crippen LogP contribution in [-0.4, -0.2) is 25.6 Å². The Bertz CT molecular complexity index is 867. The summed E-state index contributed by atoms with van der Waals surface area (Å²) in [5.41, 5.74) is 2.00. The Hall–Kier alpha value is -2.89. The number of benzene rings is 1. The zero-order chi connectivity index (χ0) is 15.1. The number of hydrogen-bond acceptors (Lipinski definition) is 4. The standard InChI is InChI=1S/C16H14N4O2/c21-13-6-2-1-4-11(13)12-5-3-7-14-17-16(19-20(12)14)18-15(22)10-8-9-10/h1-7,10,21H,8-9H2,(H,18,19,22). The van der Waals surface area contributed by atoms with E-state index in [-0.39, 0.29) is 17.6 Å². The molecule has 0 atom stereocenters. The zero-order valence-corrected chi connectivity index (χ0v) is 11.7. The molecule has 1 aliphatic carbocycles. The van der Waals surface area contributed by atoms with Crippen LogP contribution in [0, 0.1) is 5.92 Å². The molecule has 0 unspecified atom stereocenters. The van der Waals surface area contributed by atoms with Gasteiger partial charge in [-0.15, -0.1) is 5.10 Å². The molecule has 0 radical (unpaired) electrons. The molecule has 0 bridgehead atoms. The Morgan fingerprint density at radius 1 is 1.18 bits per heavy atom. The van der Waals surface area contributed by atoms with Crippen LogP contribution in [0.25, 0.3) is 16.9 Å². The van der Waals surface area contributed by atoms with E-state index >= 15 is 0 Å². The number of aromatic hydroxyl groups is 1. The first-order valence-electron chi connectivity index (χ1n) is 7.17. The number of hydrogen-bond donors (Lipinski definition) is 2. The maximum absolute atomic E-state index is 11.8. The lowest BCUT2D eigenvalue weighted by Crippen LogP contribution is -2.14. The van der Waals surface area contributed by atoms with Gasteiger partial charge in [-0.1, -0.05) is 18.2 Å². The third kappa shape index (κ3) is 2.18. The molecule has 1 fully saturated rings. The van der Waals surface area contributed by atoms with E-state index in [0.717, 1.165) is 18.5 Å². The van der Waals surface area contributed by atoms with E-state index in [4.69, 9.17) is 0 Å². The van der Waals surface area contributed by atoms with Gasteiger partial charge in [0.1, 0.15) is 5.75 Å². The van der Waals surface area contributed by atoms with Crippen LogP contribution in [0.2, 0.25) is 0 Å². The highest BCUT2D eigenvalue weighted by molar-refractivity contribution is 5.92. The minimum atomic E-state index is -0.0278. The van der Waals surface area contributed by atoms with Crippen LogP contribution in [0.4, 0.5) is 5.95 Å². The summed E-state index contributed by atoms with van der Waals surface area (Å²) < 4.78 is 1.62. The Morgan fingerprint density at radius 2 is 2.00 bits per heavy atom. The predicted molar refractivity (Wildman–Crippen MR) is 81.4 cm³/mol. The van der Waals surface area contributed by atoms with Crippen LogP contribution >= 0.6 is 0 Å². The average molecular weight is 294 g/mol. The molecule has 1 amide bonds. The summed E-state index contributed by atoms with van der Waals surface area (Å²) in [7, 11) is 0. The second-order valence-corrected chi connectivity index (χ2v) is 5.40. The lowest BCUT2D eigenvalue weighted by molar-refractivity contribution is -0.117. The van der Waals surface area contributed by atoms with E-state index in [1.807, 2.05) is 30.3 Å². The van der Waals surface area contributed by atoms with Gasteiger partial charge in [-0.3, -0.25) is 10.1 Å². The number of phenols is 1. The number of phenolic OH excluding ortho intramolecular Hbond substituents is 1. The third-order valence-corrected chi connectivity index (χ3v) is 3.72. The van der Waals surface area contributed by atoms with Gasteiger partial charge in [-0.05, 0) is 37.1 Å². The van der Waals surface area contributed by atoms with E-state index in [9.17, 15) is 9.90 Å². The molecular formula is C16H14N4O2. The monoisotopic (exact) mass is 294 g/mol. The molecule has 6 heteroatoms. The molecule has 3 aromatic rings. The molecule has 0 spiro atoms. The molecule has 6 nitrogen and oxygen atoms in total. The fourth-order valence-electron chi connectivity index (χ4n) is 2.41. The van der Waals surface area contributed by atoms with Gasteiger partial charge >= 0.3 is 0 Å². The van der Waals surface area contributed by atoms with Crippen LogP contribution in [0.3, 0.4) is 0 Å². The van der Waals surface area contributed by atoms with Gasteiger partial charge in [-0.25, -0.2) is 4.52 Å². The Kier molecular flexibility index (Phi) is 2.82. The number of nitrogens with one attached hydrogen (secondary N) is 1. The van der Waals surface area contributed by atoms with Crippen LogP contribution in [0.15, 0.2) is 42.5 Å². The van der Waals surface area contributed by atoms with Gasteiger partial charge in [0, 0.05) is 11.5 Å². The van der Waals surface area contributed by atoms with Crippen molar-refractivity contribution in [2.75, 3.05) is 5.32 Å². The van der Waals surface area contributed by atoms with Gasteiger partial charge in [0.2, 0.25) is 11.9 Å². The molecule has 22 heavy (non-hydrogen) atoms. The molecular weight excluding hydrogens is 280 g/mol. The van der Waals surface area contributed by atoms with Crippen molar-refractivity contribution < 1.29 is 9.90 Å². The number of aromatic nitrogens is 3. The minimum absolute atomic E-state index is 0.0278. The van der Waals surface area contributed by atoms with Crippen molar-refractivity contribution in [3.8, 4) is 17.0 Å². The van der Waals surface area contributed by atoms with Gasteiger partial charge in [0.05, 0.1) is 5.69 Å². The molecule has 2 heterocycles. The number of amides is 1. The van der Waals surface area contributed by atoms with Crippen LogP contribution < -0.4 is 5.32 Å². The molecule has 2 N–H and O–H groups in total. The first-order valence-corrected chi connectivity index (χ1v) is 7.17. The molecule has 0 aliphatic heterocycles. The average Bonchev–Trinajstić information content (AvgIpc) is 3.28. The maximum atomic E-state index is 11.8. The van der Waals surface area contributed by atoms with Gasteiger partial charge in [-0.2, -0.15) is 4.98 Å². The lowest BCUT2D eigenvalue weighted by Gasteiger charge is -2.05. The second kappa shape index (κ2) is 4.84. The molecule has 110 valence electrons. The minimum Gasteiger partial charge on any atom is -0.507 e. The second-order valence-electron chi connectivity index (χ2n) is 5.40. The molecule has 1 aromatic carbocycles. The summed E-state index contributed by atoms with van der Waals surface area (Å²) in [6, 6.07) is 12.6. The number of rotatable bonds is 3. The lowest BCUT2D eigenvalue weighted by atomic mass is 10.1. The summed E-state index contributed by atoms with van der Waals surface area (Å²) in [4.78, 5) is 16.1. The van der Waals surface area contributed by atoms with Crippen LogP contribution in [0.5, 0.6) is 5.75 Å². The normalized spacial score (nSPS) is 14.2. The Balaban J connectivity index is 1.78. The van der Waals surface area contributed by atoms with Crippen molar-refractivity contribution in [2.24, 2.45) is 5.92 Å². The molecule has 4 rings (SSSR count). The number of carbonyl (C=O) groups excluding carboxylic acids is 1. The van der Waals surface area contributed by atoms with Crippen molar-refractivity contribution in [1.82, 2.24) is 14.6 Å². The molecule has 1 aliphatic rings. The number of pyridine rings is 1. The highest BCUT2D eigenvalue weighted by Gasteiger charge is 2.30. The summed E-state index contributed by atoms with van der Waals surface area (Å²) >= 11 is 0. The Morgan fingerprint density at radius 3 is 2.77 bits per heavy atom. The summed E-state index contributed by atoms with van der Waals surface area (Å²) in [5, 5.41) is 17.1. The summed E-state index contributed by atoms with van der Waals surface area (Å²) in [6.45, 7) is 0. The predicted octanol–water partition coefficient (Wildman–Crippen LogP) is 2.45. The van der Waals surface area contributed by atoms with E-state index < -0.39 is 0 Å². The van der Waals surface area contributed by atoms with E-state index in [1.165, 1.54) is 0 Å². The number of anilines is 1. The number of carbonyl (C=O) groups is 1. The van der Waals surface area contributed by atoms with Gasteiger partial charge in [0.15, 0.2) is 5.65 Å². The van der Waals surface area contributed by atoms with E-state index in [2.05, 4.69) is 15.4 Å². The van der Waals surface area contributed by atoms with E-state index in [1.54, 1.807) is 16.6 Å². The fourth-order valence-corrected chi connectivity index (χ4v) is 2.41. The Labute approximate surface area is 126 Å². The van der Waals surface area contributed by atoms with Crippen molar-refractivity contribution in [1.29, 1.82) is 0 Å². The van der Waals surface area contributed by atoms with Crippen molar-refractivity contribution in [2.45, 2.75) is 12.8 Å². The first kappa shape index (κ1) is 12.8. The third-order valence-electron chi connectivity index (χ3n) is 3.72. The molecule has 1 saturated carbocycles. The van der Waals surface area contributed by atoms with Gasteiger partial charge < -0.3 is 5.11 Å². The quantitative estimate of drug-likeness (QED) is 0.777. The van der Waals surface area contributed by atoms with Crippen LogP contribution in [-0.2, 0) is 4.79 Å². The number of fused-ring (bicyclic) bond motifs is 1. The van der Waals surface area contributed by atoms with Crippen molar-refractivity contribution >= 4 is 17.5 Å². The van der Waals surface area contributed by atoms with Gasteiger partial charge in [0.25, 0.3) is 0 Å². The number of para-hydroxylation sites is 1. The van der Waals surface area contributed by atoms with Crippen LogP contribution in [0.1, 0.15) is 12.8 Å². The fraction of sp³-hybridized carbons (Fsp3) is 0.188. The van der Waals surface area contributed by atoms with Crippen molar-refractivity contribution in [3.05, 3.63) is 42.5 Å². The zero-order valence-electron chi connectivity index (χ0n) is 11.7. The number of nitrogens with zero attached hydrogens (tertiary/aromatic N) is 3. The summed E-state index contributed by atoms with van der Waals surface area (Å²) in [5.74, 6) is 0.540. The highest BCUT2D eigenvalue weighted by atomic mass is 16.3. The SMILES string of the molecule is O=C(Nc1nc2cccc(-c3ccccc3O)n2n1)C1CC1. The summed E-state index contributed by atoms with van der Waals surface area (Å²) in [6.07, 6.45) is 1.87. The topological polar surface area (TPSA) is 79.5 Å². The van der Waals surface area contributed by atoms with Crippen molar-refractivity contribution in [3.63, 3.8) is 0 Å². The molecule has 2 aromatic heterocycles. The smallest absolute Gasteiger partial charge is 0.249 e. The first-order chi connectivity index (χ1) is 10.7. The van der Waals surface area contributed by atoms with E-state index in [0.29, 0.717) is 17.2 Å². The maximum Gasteiger partial charge on any atom is 0.249 e. The largest absolute Gasteiger partial charge is 0.507 e.